The molecule has 128 valence electrons. The van der Waals surface area contributed by atoms with Crippen LogP contribution in [0.1, 0.15) is 47.1 Å². The quantitative estimate of drug-likeness (QED) is 0.732. The molecule has 2 rings (SSSR count). The standard InChI is InChI=1S/C16H19N3O3S2/c1-9(2)15-19-18-13(24-15)8-17-14(20)11-6-4-5-7-12(11)23-10(3)16(21)22/h4-7,9-10H,8H2,1-3H3,(H,17,20)(H,21,22). The van der Waals surface area contributed by atoms with Gasteiger partial charge >= 0.3 is 5.97 Å². The molecule has 0 saturated heterocycles. The van der Waals surface area contributed by atoms with Crippen LogP contribution in [0.15, 0.2) is 29.2 Å². The minimum absolute atomic E-state index is 0.253. The third-order valence-corrected chi connectivity index (χ3v) is 5.55. The van der Waals surface area contributed by atoms with Gasteiger partial charge in [-0.3, -0.25) is 9.59 Å². The Kier molecular flexibility index (Phi) is 6.33. The fraction of sp³-hybridized carbons (Fsp3) is 0.375. The van der Waals surface area contributed by atoms with Gasteiger partial charge in [0.05, 0.1) is 12.1 Å². The summed E-state index contributed by atoms with van der Waals surface area (Å²) in [5.74, 6) is -0.858. The van der Waals surface area contributed by atoms with E-state index in [-0.39, 0.29) is 5.91 Å². The molecule has 6 nitrogen and oxygen atoms in total. The predicted octanol–water partition coefficient (Wildman–Crippen LogP) is 3.16. The van der Waals surface area contributed by atoms with Crippen LogP contribution in [0.2, 0.25) is 0 Å². The highest BCUT2D eigenvalue weighted by Gasteiger charge is 2.18. The summed E-state index contributed by atoms with van der Waals surface area (Å²) >= 11 is 2.63. The van der Waals surface area contributed by atoms with Gasteiger partial charge < -0.3 is 10.4 Å². The number of hydrogen-bond donors (Lipinski definition) is 2. The van der Waals surface area contributed by atoms with Crippen molar-refractivity contribution in [2.75, 3.05) is 0 Å². The number of aromatic nitrogens is 2. The molecule has 1 heterocycles. The molecule has 2 N–H and O–H groups in total. The zero-order chi connectivity index (χ0) is 17.7. The molecule has 8 heteroatoms. The van der Waals surface area contributed by atoms with E-state index in [0.29, 0.717) is 22.9 Å². The number of amides is 1. The molecule has 0 radical (unpaired) electrons. The summed E-state index contributed by atoms with van der Waals surface area (Å²) in [6.45, 7) is 5.98. The number of benzene rings is 1. The molecule has 24 heavy (non-hydrogen) atoms. The molecule has 0 spiro atoms. The smallest absolute Gasteiger partial charge is 0.316 e. The fourth-order valence-corrected chi connectivity index (χ4v) is 3.53. The zero-order valence-corrected chi connectivity index (χ0v) is 15.3. The molecule has 1 unspecified atom stereocenters. The van der Waals surface area contributed by atoms with Crippen molar-refractivity contribution in [3.8, 4) is 0 Å². The Morgan fingerprint density at radius 2 is 1.96 bits per heavy atom. The maximum Gasteiger partial charge on any atom is 0.316 e. The molecule has 0 aliphatic carbocycles. The lowest BCUT2D eigenvalue weighted by molar-refractivity contribution is -0.136. The molecule has 0 saturated carbocycles. The van der Waals surface area contributed by atoms with Crippen molar-refractivity contribution in [2.45, 2.75) is 43.4 Å². The van der Waals surface area contributed by atoms with E-state index < -0.39 is 11.2 Å². The summed E-state index contributed by atoms with van der Waals surface area (Å²) in [5, 5.41) is 21.1. The lowest BCUT2D eigenvalue weighted by Gasteiger charge is -2.11. The van der Waals surface area contributed by atoms with Crippen LogP contribution in [0.3, 0.4) is 0 Å². The number of nitrogens with zero attached hydrogens (tertiary/aromatic N) is 2. The number of hydrogen-bond acceptors (Lipinski definition) is 6. The van der Waals surface area contributed by atoms with Gasteiger partial charge in [-0.05, 0) is 19.1 Å². The van der Waals surface area contributed by atoms with Gasteiger partial charge in [0.1, 0.15) is 15.3 Å². The molecular formula is C16H19N3O3S2. The Morgan fingerprint density at radius 1 is 1.25 bits per heavy atom. The normalized spacial score (nSPS) is 12.2. The van der Waals surface area contributed by atoms with Crippen molar-refractivity contribution in [1.29, 1.82) is 0 Å². The highest BCUT2D eigenvalue weighted by atomic mass is 32.2. The average Bonchev–Trinajstić information content (AvgIpc) is 3.02. The van der Waals surface area contributed by atoms with E-state index in [2.05, 4.69) is 15.5 Å². The summed E-state index contributed by atoms with van der Waals surface area (Å²) in [6, 6.07) is 6.98. The molecular weight excluding hydrogens is 346 g/mol. The molecule has 2 aromatic rings. The number of carbonyl (C=O) groups excluding carboxylic acids is 1. The number of rotatable bonds is 7. The Morgan fingerprint density at radius 3 is 2.58 bits per heavy atom. The first kappa shape index (κ1) is 18.4. The van der Waals surface area contributed by atoms with Crippen LogP contribution in [-0.4, -0.2) is 32.4 Å². The van der Waals surface area contributed by atoms with Gasteiger partial charge in [-0.1, -0.05) is 37.3 Å². The second kappa shape index (κ2) is 8.25. The monoisotopic (exact) mass is 365 g/mol. The Labute approximate surface area is 148 Å². The van der Waals surface area contributed by atoms with Gasteiger partial charge in [-0.25, -0.2) is 0 Å². The largest absolute Gasteiger partial charge is 0.480 e. The number of carboxylic acids is 1. The van der Waals surface area contributed by atoms with Crippen molar-refractivity contribution >= 4 is 35.0 Å². The summed E-state index contributed by atoms with van der Waals surface area (Å²) in [5.41, 5.74) is 0.462. The first-order valence-electron chi connectivity index (χ1n) is 7.47. The van der Waals surface area contributed by atoms with Crippen molar-refractivity contribution in [1.82, 2.24) is 15.5 Å². The van der Waals surface area contributed by atoms with E-state index in [0.717, 1.165) is 21.8 Å². The molecule has 1 aromatic heterocycles. The molecule has 1 amide bonds. The molecule has 1 atom stereocenters. The first-order valence-corrected chi connectivity index (χ1v) is 9.17. The lowest BCUT2D eigenvalue weighted by atomic mass is 10.2. The molecule has 0 aliphatic heterocycles. The summed E-state index contributed by atoms with van der Waals surface area (Å²) in [4.78, 5) is 24.1. The number of carbonyl (C=O) groups is 2. The van der Waals surface area contributed by atoms with Gasteiger partial charge in [0.25, 0.3) is 5.91 Å². The number of nitrogens with one attached hydrogen (secondary N) is 1. The fourth-order valence-electron chi connectivity index (χ4n) is 1.82. The summed E-state index contributed by atoms with van der Waals surface area (Å²) < 4.78 is 0. The number of aliphatic carboxylic acids is 1. The van der Waals surface area contributed by atoms with E-state index in [1.807, 2.05) is 13.8 Å². The van der Waals surface area contributed by atoms with Crippen LogP contribution in [0, 0.1) is 0 Å². The van der Waals surface area contributed by atoms with Crippen LogP contribution in [-0.2, 0) is 11.3 Å². The third kappa shape index (κ3) is 4.78. The van der Waals surface area contributed by atoms with E-state index in [1.165, 1.54) is 11.3 Å². The Bertz CT molecular complexity index is 731. The predicted molar refractivity (Wildman–Crippen MR) is 94.6 cm³/mol. The highest BCUT2D eigenvalue weighted by molar-refractivity contribution is 8.00. The molecule has 1 aromatic carbocycles. The minimum Gasteiger partial charge on any atom is -0.480 e. The molecule has 0 aliphatic rings. The van der Waals surface area contributed by atoms with E-state index in [9.17, 15) is 9.59 Å². The number of carboxylic acid groups (broad SMARTS) is 1. The maximum absolute atomic E-state index is 12.4. The van der Waals surface area contributed by atoms with Crippen molar-refractivity contribution in [3.63, 3.8) is 0 Å². The van der Waals surface area contributed by atoms with Gasteiger partial charge in [0.15, 0.2) is 0 Å². The van der Waals surface area contributed by atoms with Gasteiger partial charge in [0.2, 0.25) is 0 Å². The second-order valence-electron chi connectivity index (χ2n) is 5.47. The van der Waals surface area contributed by atoms with E-state index >= 15 is 0 Å². The SMILES string of the molecule is CC(Sc1ccccc1C(=O)NCc1nnc(C(C)C)s1)C(=O)O. The third-order valence-electron chi connectivity index (χ3n) is 3.16. The maximum atomic E-state index is 12.4. The van der Waals surface area contributed by atoms with Crippen molar-refractivity contribution in [3.05, 3.63) is 39.8 Å². The zero-order valence-electron chi connectivity index (χ0n) is 13.6. The molecule has 0 fully saturated rings. The summed E-state index contributed by atoms with van der Waals surface area (Å²) in [6.07, 6.45) is 0. The van der Waals surface area contributed by atoms with Crippen LogP contribution in [0.25, 0.3) is 0 Å². The lowest BCUT2D eigenvalue weighted by Crippen LogP contribution is -2.23. The Balaban J connectivity index is 2.05. The number of thioether (sulfide) groups is 1. The van der Waals surface area contributed by atoms with Crippen LogP contribution < -0.4 is 5.32 Å². The van der Waals surface area contributed by atoms with Gasteiger partial charge in [0, 0.05) is 10.8 Å². The van der Waals surface area contributed by atoms with E-state index in [4.69, 9.17) is 5.11 Å². The second-order valence-corrected chi connectivity index (χ2v) is 7.94. The first-order chi connectivity index (χ1) is 11.4. The van der Waals surface area contributed by atoms with Crippen LogP contribution in [0.5, 0.6) is 0 Å². The van der Waals surface area contributed by atoms with Crippen molar-refractivity contribution < 1.29 is 14.7 Å². The van der Waals surface area contributed by atoms with Crippen LogP contribution >= 0.6 is 23.1 Å². The van der Waals surface area contributed by atoms with Crippen LogP contribution in [0.4, 0.5) is 0 Å². The average molecular weight is 365 g/mol. The highest BCUT2D eigenvalue weighted by Crippen LogP contribution is 2.27. The Hall–Kier alpha value is -1.93. The van der Waals surface area contributed by atoms with E-state index in [1.54, 1.807) is 31.2 Å². The topological polar surface area (TPSA) is 92.2 Å². The summed E-state index contributed by atoms with van der Waals surface area (Å²) in [7, 11) is 0. The van der Waals surface area contributed by atoms with Gasteiger partial charge in [-0.15, -0.1) is 22.0 Å². The minimum atomic E-state index is -0.912. The van der Waals surface area contributed by atoms with Gasteiger partial charge in [-0.2, -0.15) is 0 Å². The molecule has 0 bridgehead atoms. The van der Waals surface area contributed by atoms with Crippen molar-refractivity contribution in [2.24, 2.45) is 0 Å².